The molecular formula is C13H19BN2O4. The average molecular weight is 278 g/mol. The number of nitrogens with two attached hydrogens (primary N) is 1. The van der Waals surface area contributed by atoms with E-state index in [0.29, 0.717) is 11.0 Å². The predicted octanol–water partition coefficient (Wildman–Crippen LogP) is 1.35. The van der Waals surface area contributed by atoms with E-state index in [-0.39, 0.29) is 12.2 Å². The highest BCUT2D eigenvalue weighted by molar-refractivity contribution is 6.64. The van der Waals surface area contributed by atoms with Gasteiger partial charge in [-0.05, 0) is 33.3 Å². The largest absolute Gasteiger partial charge is 0.502 e. The summed E-state index contributed by atoms with van der Waals surface area (Å²) in [6, 6.07) is 4.82. The molecular weight excluding hydrogens is 259 g/mol. The topological polar surface area (TPSA) is 87.6 Å². The molecule has 0 amide bonds. The molecule has 0 aromatic heterocycles. The lowest BCUT2D eigenvalue weighted by Gasteiger charge is -2.32. The van der Waals surface area contributed by atoms with Gasteiger partial charge >= 0.3 is 7.12 Å². The zero-order chi connectivity index (χ0) is 15.1. The van der Waals surface area contributed by atoms with Crippen molar-refractivity contribution in [3.63, 3.8) is 0 Å². The first-order chi connectivity index (χ1) is 9.19. The van der Waals surface area contributed by atoms with Crippen LogP contribution < -0.4 is 11.2 Å². The van der Waals surface area contributed by atoms with Crippen molar-refractivity contribution in [2.75, 3.05) is 0 Å². The Morgan fingerprint density at radius 1 is 1.25 bits per heavy atom. The molecule has 0 atom stereocenters. The molecule has 0 radical (unpaired) electrons. The van der Waals surface area contributed by atoms with Gasteiger partial charge in [-0.25, -0.2) is 0 Å². The summed E-state index contributed by atoms with van der Waals surface area (Å²) < 4.78 is 11.8. The summed E-state index contributed by atoms with van der Waals surface area (Å²) >= 11 is 0. The van der Waals surface area contributed by atoms with Gasteiger partial charge in [0, 0.05) is 12.6 Å². The van der Waals surface area contributed by atoms with Crippen LogP contribution in [0.4, 0.5) is 5.69 Å². The van der Waals surface area contributed by atoms with Crippen LogP contribution >= 0.6 is 0 Å². The van der Waals surface area contributed by atoms with Crippen molar-refractivity contribution in [3.05, 3.63) is 33.9 Å². The molecule has 1 aromatic carbocycles. The summed E-state index contributed by atoms with van der Waals surface area (Å²) in [7, 11) is -0.778. The molecule has 20 heavy (non-hydrogen) atoms. The second kappa shape index (κ2) is 4.84. The molecule has 0 aliphatic carbocycles. The maximum absolute atomic E-state index is 11.2. The monoisotopic (exact) mass is 278 g/mol. The first-order valence-electron chi connectivity index (χ1n) is 6.51. The highest BCUT2D eigenvalue weighted by atomic mass is 16.7. The SMILES string of the molecule is CC1(C)OB(c2c(CN)cccc2[N+](=O)[O-])OC1(C)C. The lowest BCUT2D eigenvalue weighted by atomic mass is 9.74. The van der Waals surface area contributed by atoms with E-state index in [0.717, 1.165) is 0 Å². The number of nitrogens with zero attached hydrogens (tertiary/aromatic N) is 1. The molecule has 1 aliphatic heterocycles. The van der Waals surface area contributed by atoms with Gasteiger partial charge in [-0.3, -0.25) is 10.1 Å². The van der Waals surface area contributed by atoms with Crippen LogP contribution in [0.1, 0.15) is 33.3 Å². The van der Waals surface area contributed by atoms with Crippen molar-refractivity contribution >= 4 is 18.3 Å². The summed E-state index contributed by atoms with van der Waals surface area (Å²) in [5, 5.41) is 11.2. The van der Waals surface area contributed by atoms with E-state index < -0.39 is 23.2 Å². The summed E-state index contributed by atoms with van der Waals surface area (Å²) in [6.45, 7) is 7.82. The zero-order valence-corrected chi connectivity index (χ0v) is 12.2. The molecule has 0 spiro atoms. The molecule has 1 fully saturated rings. The van der Waals surface area contributed by atoms with Gasteiger partial charge in [0.1, 0.15) is 0 Å². The van der Waals surface area contributed by atoms with E-state index in [1.54, 1.807) is 12.1 Å². The highest BCUT2D eigenvalue weighted by Crippen LogP contribution is 2.37. The minimum Gasteiger partial charge on any atom is -0.399 e. The van der Waals surface area contributed by atoms with Crippen LogP contribution in [0.5, 0.6) is 0 Å². The molecule has 0 bridgehead atoms. The Hall–Kier alpha value is -1.44. The maximum Gasteiger partial charge on any atom is 0.502 e. The van der Waals surface area contributed by atoms with Crippen molar-refractivity contribution in [1.82, 2.24) is 0 Å². The number of nitro groups is 1. The van der Waals surface area contributed by atoms with Crippen LogP contribution in [0.3, 0.4) is 0 Å². The van der Waals surface area contributed by atoms with Gasteiger partial charge in [0.2, 0.25) is 0 Å². The first-order valence-corrected chi connectivity index (χ1v) is 6.51. The van der Waals surface area contributed by atoms with E-state index in [9.17, 15) is 10.1 Å². The van der Waals surface area contributed by atoms with Crippen molar-refractivity contribution in [2.45, 2.75) is 45.4 Å². The van der Waals surface area contributed by atoms with Crippen LogP contribution in [0.2, 0.25) is 0 Å². The molecule has 2 rings (SSSR count). The van der Waals surface area contributed by atoms with Gasteiger partial charge in [0.15, 0.2) is 0 Å². The van der Waals surface area contributed by atoms with E-state index >= 15 is 0 Å². The van der Waals surface area contributed by atoms with Gasteiger partial charge in [-0.15, -0.1) is 0 Å². The van der Waals surface area contributed by atoms with Crippen LogP contribution in [0.15, 0.2) is 18.2 Å². The Morgan fingerprint density at radius 3 is 2.25 bits per heavy atom. The Labute approximate surface area is 118 Å². The lowest BCUT2D eigenvalue weighted by Crippen LogP contribution is -2.41. The van der Waals surface area contributed by atoms with E-state index in [1.807, 2.05) is 27.7 Å². The Morgan fingerprint density at radius 2 is 1.80 bits per heavy atom. The smallest absolute Gasteiger partial charge is 0.399 e. The number of hydrogen-bond donors (Lipinski definition) is 1. The van der Waals surface area contributed by atoms with Gasteiger partial charge in [-0.1, -0.05) is 12.1 Å². The van der Waals surface area contributed by atoms with E-state index in [4.69, 9.17) is 15.0 Å². The number of benzene rings is 1. The molecule has 1 saturated heterocycles. The van der Waals surface area contributed by atoms with Crippen LogP contribution in [0.25, 0.3) is 0 Å². The Balaban J connectivity index is 2.51. The van der Waals surface area contributed by atoms with Gasteiger partial charge in [-0.2, -0.15) is 0 Å². The zero-order valence-electron chi connectivity index (χ0n) is 12.2. The number of nitro benzene ring substituents is 1. The van der Waals surface area contributed by atoms with Crippen LogP contribution in [0, 0.1) is 10.1 Å². The fourth-order valence-electron chi connectivity index (χ4n) is 2.17. The average Bonchev–Trinajstić information content (AvgIpc) is 2.57. The second-order valence-electron chi connectivity index (χ2n) is 5.90. The standard InChI is InChI=1S/C13H19BN2O4/c1-12(2)13(3,4)20-14(19-12)11-9(8-15)6-5-7-10(11)16(17)18/h5-7H,8,15H2,1-4H3. The van der Waals surface area contributed by atoms with Crippen molar-refractivity contribution in [2.24, 2.45) is 5.73 Å². The predicted molar refractivity (Wildman–Crippen MR) is 76.7 cm³/mol. The van der Waals surface area contributed by atoms with Crippen molar-refractivity contribution < 1.29 is 14.2 Å². The molecule has 6 nitrogen and oxygen atoms in total. The first kappa shape index (κ1) is 15.0. The lowest BCUT2D eigenvalue weighted by molar-refractivity contribution is -0.383. The van der Waals surface area contributed by atoms with Crippen molar-refractivity contribution in [1.29, 1.82) is 0 Å². The van der Waals surface area contributed by atoms with E-state index in [2.05, 4.69) is 0 Å². The summed E-state index contributed by atoms with van der Waals surface area (Å²) in [4.78, 5) is 10.8. The molecule has 0 saturated carbocycles. The third-order valence-corrected chi connectivity index (χ3v) is 4.08. The molecule has 7 heteroatoms. The third-order valence-electron chi connectivity index (χ3n) is 4.08. The van der Waals surface area contributed by atoms with Gasteiger partial charge in [0.25, 0.3) is 5.69 Å². The quantitative estimate of drug-likeness (QED) is 0.512. The Bertz CT molecular complexity index is 529. The fraction of sp³-hybridized carbons (Fsp3) is 0.538. The normalized spacial score (nSPS) is 20.1. The van der Waals surface area contributed by atoms with Gasteiger partial charge in [0.05, 0.1) is 21.6 Å². The minimum atomic E-state index is -0.778. The van der Waals surface area contributed by atoms with Gasteiger partial charge < -0.3 is 15.0 Å². The molecule has 108 valence electrons. The van der Waals surface area contributed by atoms with Crippen LogP contribution in [-0.2, 0) is 15.9 Å². The molecule has 1 heterocycles. The van der Waals surface area contributed by atoms with Crippen molar-refractivity contribution in [3.8, 4) is 0 Å². The minimum absolute atomic E-state index is 0.0218. The second-order valence-corrected chi connectivity index (χ2v) is 5.90. The van der Waals surface area contributed by atoms with Crippen LogP contribution in [-0.4, -0.2) is 23.2 Å². The highest BCUT2D eigenvalue weighted by Gasteiger charge is 2.53. The van der Waals surface area contributed by atoms with E-state index in [1.165, 1.54) is 6.07 Å². The summed E-state index contributed by atoms with van der Waals surface area (Å²) in [5.74, 6) is 0. The third kappa shape index (κ3) is 2.32. The number of hydrogen-bond acceptors (Lipinski definition) is 5. The Kier molecular flexibility index (Phi) is 3.62. The molecule has 1 aromatic rings. The summed E-state index contributed by atoms with van der Waals surface area (Å²) in [6.07, 6.45) is 0. The fourth-order valence-corrected chi connectivity index (χ4v) is 2.17. The molecule has 0 unspecified atom stereocenters. The summed E-state index contributed by atoms with van der Waals surface area (Å²) in [5.41, 5.74) is 5.65. The molecule has 1 aliphatic rings. The maximum atomic E-state index is 11.2. The molecule has 2 N–H and O–H groups in total. The number of rotatable bonds is 3.